The van der Waals surface area contributed by atoms with Crippen molar-refractivity contribution in [3.8, 4) is 5.88 Å². The van der Waals surface area contributed by atoms with Crippen LogP contribution in [0.15, 0.2) is 23.2 Å². The van der Waals surface area contributed by atoms with E-state index in [4.69, 9.17) is 4.74 Å². The molecule has 0 aromatic carbocycles. The first-order chi connectivity index (χ1) is 10.2. The lowest BCUT2D eigenvalue weighted by molar-refractivity contribution is -0.127. The minimum absolute atomic E-state index is 0.0325. The van der Waals surface area contributed by atoms with E-state index in [1.54, 1.807) is 0 Å². The standard InChI is InChI=1S/C13H16F2N2O4S/c1-21-11-3-2-10(8-16-11)22(19,20)17-12(18)9-4-6-13(14,15)7-5-9/h2-3,8-9H,4-7H2,1H3,(H,17,18). The van der Waals surface area contributed by atoms with E-state index in [2.05, 4.69) is 4.98 Å². The molecule has 1 aromatic heterocycles. The van der Waals surface area contributed by atoms with Crippen molar-refractivity contribution in [1.82, 2.24) is 9.71 Å². The number of carbonyl (C=O) groups is 1. The Bertz CT molecular complexity index is 637. The van der Waals surface area contributed by atoms with Gasteiger partial charge in [-0.3, -0.25) is 4.79 Å². The van der Waals surface area contributed by atoms with Gasteiger partial charge in [0.1, 0.15) is 4.90 Å². The molecule has 0 atom stereocenters. The average Bonchev–Trinajstić information content (AvgIpc) is 2.46. The summed E-state index contributed by atoms with van der Waals surface area (Å²) >= 11 is 0. The molecule has 122 valence electrons. The van der Waals surface area contributed by atoms with E-state index in [9.17, 15) is 22.0 Å². The van der Waals surface area contributed by atoms with Crippen molar-refractivity contribution >= 4 is 15.9 Å². The number of pyridine rings is 1. The van der Waals surface area contributed by atoms with Crippen LogP contribution in [0, 0.1) is 5.92 Å². The maximum absolute atomic E-state index is 13.0. The summed E-state index contributed by atoms with van der Waals surface area (Å²) < 4.78 is 56.9. The molecule has 0 radical (unpaired) electrons. The molecule has 9 heteroatoms. The van der Waals surface area contributed by atoms with Crippen LogP contribution in [-0.4, -0.2) is 32.3 Å². The third-order valence-electron chi connectivity index (χ3n) is 3.55. The first-order valence-corrected chi connectivity index (χ1v) is 8.16. The highest BCUT2D eigenvalue weighted by Crippen LogP contribution is 2.36. The van der Waals surface area contributed by atoms with Crippen molar-refractivity contribution in [3.63, 3.8) is 0 Å². The van der Waals surface area contributed by atoms with Gasteiger partial charge in [0, 0.05) is 24.8 Å². The van der Waals surface area contributed by atoms with E-state index >= 15 is 0 Å². The minimum Gasteiger partial charge on any atom is -0.481 e. The van der Waals surface area contributed by atoms with Crippen LogP contribution < -0.4 is 9.46 Å². The SMILES string of the molecule is COc1ccc(S(=O)(=O)NC(=O)C2CCC(F)(F)CC2)cn1. The van der Waals surface area contributed by atoms with E-state index in [1.165, 1.54) is 19.2 Å². The van der Waals surface area contributed by atoms with E-state index in [0.717, 1.165) is 6.20 Å². The summed E-state index contributed by atoms with van der Waals surface area (Å²) in [5, 5.41) is 0. The molecule has 0 aliphatic heterocycles. The number of halogens is 2. The van der Waals surface area contributed by atoms with Crippen LogP contribution in [0.4, 0.5) is 8.78 Å². The number of sulfonamides is 1. The number of methoxy groups -OCH3 is 1. The van der Waals surface area contributed by atoms with Crippen molar-refractivity contribution in [2.45, 2.75) is 36.5 Å². The van der Waals surface area contributed by atoms with Gasteiger partial charge in [0.2, 0.25) is 17.7 Å². The molecule has 1 amide bonds. The molecule has 0 unspecified atom stereocenters. The number of ether oxygens (including phenoxy) is 1. The van der Waals surface area contributed by atoms with Crippen molar-refractivity contribution < 1.29 is 26.7 Å². The zero-order chi connectivity index (χ0) is 16.4. The molecule has 1 fully saturated rings. The van der Waals surface area contributed by atoms with Gasteiger partial charge in [-0.25, -0.2) is 26.9 Å². The molecule has 1 heterocycles. The van der Waals surface area contributed by atoms with Gasteiger partial charge in [-0.2, -0.15) is 0 Å². The van der Waals surface area contributed by atoms with Gasteiger partial charge in [0.05, 0.1) is 13.3 Å². The Morgan fingerprint density at radius 3 is 2.50 bits per heavy atom. The second-order valence-corrected chi connectivity index (χ2v) is 6.82. The van der Waals surface area contributed by atoms with Crippen LogP contribution in [0.5, 0.6) is 5.88 Å². The fraction of sp³-hybridized carbons (Fsp3) is 0.538. The Morgan fingerprint density at radius 2 is 2.00 bits per heavy atom. The van der Waals surface area contributed by atoms with Gasteiger partial charge in [-0.05, 0) is 18.9 Å². The van der Waals surface area contributed by atoms with Crippen LogP contribution in [0.25, 0.3) is 0 Å². The Kier molecular flexibility index (Phi) is 4.64. The van der Waals surface area contributed by atoms with Crippen LogP contribution in [0.2, 0.25) is 0 Å². The Labute approximate surface area is 126 Å². The third kappa shape index (κ3) is 3.90. The highest BCUT2D eigenvalue weighted by atomic mass is 32.2. The topological polar surface area (TPSA) is 85.4 Å². The number of hydrogen-bond donors (Lipinski definition) is 1. The molecule has 1 N–H and O–H groups in total. The monoisotopic (exact) mass is 334 g/mol. The number of amides is 1. The summed E-state index contributed by atoms with van der Waals surface area (Å²) in [6, 6.07) is 2.59. The number of rotatable bonds is 4. The molecular formula is C13H16F2N2O4S. The molecule has 1 aliphatic carbocycles. The summed E-state index contributed by atoms with van der Waals surface area (Å²) in [7, 11) is -2.68. The molecule has 1 aromatic rings. The first-order valence-electron chi connectivity index (χ1n) is 6.68. The largest absolute Gasteiger partial charge is 0.481 e. The second-order valence-electron chi connectivity index (χ2n) is 5.14. The van der Waals surface area contributed by atoms with Crippen LogP contribution in [0.3, 0.4) is 0 Å². The maximum atomic E-state index is 13.0. The van der Waals surface area contributed by atoms with Gasteiger partial charge in [-0.15, -0.1) is 0 Å². The summed E-state index contributed by atoms with van der Waals surface area (Å²) in [5.74, 6) is -4.01. The predicted molar refractivity (Wildman–Crippen MR) is 73.0 cm³/mol. The highest BCUT2D eigenvalue weighted by molar-refractivity contribution is 7.90. The van der Waals surface area contributed by atoms with Crippen molar-refractivity contribution in [1.29, 1.82) is 0 Å². The molecule has 1 saturated carbocycles. The number of alkyl halides is 2. The quantitative estimate of drug-likeness (QED) is 0.906. The zero-order valence-electron chi connectivity index (χ0n) is 11.9. The molecule has 2 rings (SSSR count). The van der Waals surface area contributed by atoms with Crippen LogP contribution in [-0.2, 0) is 14.8 Å². The van der Waals surface area contributed by atoms with Gasteiger partial charge in [-0.1, -0.05) is 0 Å². The molecule has 22 heavy (non-hydrogen) atoms. The second kappa shape index (κ2) is 6.15. The van der Waals surface area contributed by atoms with Crippen molar-refractivity contribution in [2.24, 2.45) is 5.92 Å². The number of hydrogen-bond acceptors (Lipinski definition) is 5. The lowest BCUT2D eigenvalue weighted by atomic mass is 9.86. The predicted octanol–water partition coefficient (Wildman–Crippen LogP) is 1.72. The lowest BCUT2D eigenvalue weighted by Gasteiger charge is -2.27. The summed E-state index contributed by atoms with van der Waals surface area (Å²) in [5.41, 5.74) is 0. The Hall–Kier alpha value is -1.77. The fourth-order valence-corrected chi connectivity index (χ4v) is 3.21. The lowest BCUT2D eigenvalue weighted by Crippen LogP contribution is -2.39. The van der Waals surface area contributed by atoms with Crippen molar-refractivity contribution in [3.05, 3.63) is 18.3 Å². The average molecular weight is 334 g/mol. The maximum Gasteiger partial charge on any atom is 0.265 e. The summed E-state index contributed by atoms with van der Waals surface area (Å²) in [6.07, 6.45) is 0.179. The molecule has 0 saturated heterocycles. The van der Waals surface area contributed by atoms with Gasteiger partial charge in [0.25, 0.3) is 10.0 Å². The number of aromatic nitrogens is 1. The highest BCUT2D eigenvalue weighted by Gasteiger charge is 2.38. The normalized spacial score (nSPS) is 18.7. The van der Waals surface area contributed by atoms with Gasteiger partial charge < -0.3 is 4.74 Å². The Morgan fingerprint density at radius 1 is 1.36 bits per heavy atom. The molecule has 0 spiro atoms. The summed E-state index contributed by atoms with van der Waals surface area (Å²) in [6.45, 7) is 0. The van der Waals surface area contributed by atoms with E-state index in [1.807, 2.05) is 4.72 Å². The summed E-state index contributed by atoms with van der Waals surface area (Å²) in [4.78, 5) is 15.5. The number of carbonyl (C=O) groups excluding carboxylic acids is 1. The zero-order valence-corrected chi connectivity index (χ0v) is 12.7. The minimum atomic E-state index is -4.07. The smallest absolute Gasteiger partial charge is 0.265 e. The van der Waals surface area contributed by atoms with Crippen LogP contribution in [0.1, 0.15) is 25.7 Å². The van der Waals surface area contributed by atoms with Gasteiger partial charge >= 0.3 is 0 Å². The number of nitrogens with one attached hydrogen (secondary N) is 1. The third-order valence-corrected chi connectivity index (χ3v) is 4.88. The molecule has 6 nitrogen and oxygen atoms in total. The molecular weight excluding hydrogens is 318 g/mol. The number of nitrogens with zero attached hydrogens (tertiary/aromatic N) is 1. The Balaban J connectivity index is 2.03. The van der Waals surface area contributed by atoms with E-state index in [0.29, 0.717) is 0 Å². The molecule has 1 aliphatic rings. The first kappa shape index (κ1) is 16.6. The fourth-order valence-electron chi connectivity index (χ4n) is 2.22. The van der Waals surface area contributed by atoms with E-state index in [-0.39, 0.29) is 23.6 Å². The van der Waals surface area contributed by atoms with Crippen LogP contribution >= 0.6 is 0 Å². The molecule has 0 bridgehead atoms. The van der Waals surface area contributed by atoms with Crippen molar-refractivity contribution in [2.75, 3.05) is 7.11 Å². The van der Waals surface area contributed by atoms with E-state index < -0.39 is 40.6 Å². The van der Waals surface area contributed by atoms with Gasteiger partial charge in [0.15, 0.2) is 0 Å².